The van der Waals surface area contributed by atoms with Crippen LogP contribution >= 0.6 is 11.8 Å². The number of amides is 2. The Morgan fingerprint density at radius 3 is 2.58 bits per heavy atom. The van der Waals surface area contributed by atoms with E-state index in [9.17, 15) is 9.59 Å². The van der Waals surface area contributed by atoms with Gasteiger partial charge in [0.1, 0.15) is 5.84 Å². The Morgan fingerprint density at radius 2 is 1.88 bits per heavy atom. The summed E-state index contributed by atoms with van der Waals surface area (Å²) in [5.41, 5.74) is 2.58. The first-order valence-corrected chi connectivity index (χ1v) is 9.05. The van der Waals surface area contributed by atoms with E-state index in [1.54, 1.807) is 4.90 Å². The lowest BCUT2D eigenvalue weighted by Crippen LogP contribution is -2.40. The topological polar surface area (TPSA) is 85.6 Å². The van der Waals surface area contributed by atoms with E-state index in [-0.39, 0.29) is 29.8 Å². The fourth-order valence-corrected chi connectivity index (χ4v) is 3.28. The Bertz CT molecular complexity index is 863. The number of aliphatic imine (C=N–C) groups is 1. The fourth-order valence-electron chi connectivity index (χ4n) is 2.44. The van der Waals surface area contributed by atoms with Crippen LogP contribution in [0, 0.1) is 12.3 Å². The van der Waals surface area contributed by atoms with Crippen molar-refractivity contribution in [3.05, 3.63) is 60.2 Å². The molecule has 0 saturated heterocycles. The minimum Gasteiger partial charge on any atom is -0.325 e. The molecule has 0 aromatic heterocycles. The van der Waals surface area contributed by atoms with Gasteiger partial charge in [-0.2, -0.15) is 4.99 Å². The quantitative estimate of drug-likeness (QED) is 0.868. The van der Waals surface area contributed by atoms with Crippen LogP contribution in [0.25, 0.3) is 0 Å². The highest BCUT2D eigenvalue weighted by molar-refractivity contribution is 8.14. The largest absolute Gasteiger partial charge is 0.325 e. The first-order chi connectivity index (χ1) is 12.5. The zero-order valence-corrected chi connectivity index (χ0v) is 15.0. The number of hydrogen-bond acceptors (Lipinski definition) is 4. The average Bonchev–Trinajstić information content (AvgIpc) is 2.62. The maximum Gasteiger partial charge on any atom is 0.255 e. The van der Waals surface area contributed by atoms with Gasteiger partial charge in [-0.05, 0) is 31.2 Å². The first kappa shape index (κ1) is 17.9. The van der Waals surface area contributed by atoms with E-state index in [1.165, 1.54) is 0 Å². The van der Waals surface area contributed by atoms with Crippen molar-refractivity contribution in [1.82, 2.24) is 0 Å². The first-order valence-electron chi connectivity index (χ1n) is 8.06. The highest BCUT2D eigenvalue weighted by atomic mass is 32.2. The molecule has 1 heterocycles. The van der Waals surface area contributed by atoms with Crippen LogP contribution in [0.3, 0.4) is 0 Å². The van der Waals surface area contributed by atoms with Gasteiger partial charge in [0, 0.05) is 11.4 Å². The van der Waals surface area contributed by atoms with Crippen LogP contribution in [-0.2, 0) is 9.59 Å². The van der Waals surface area contributed by atoms with Crippen LogP contribution < -0.4 is 10.2 Å². The highest BCUT2D eigenvalue weighted by Crippen LogP contribution is 2.24. The smallest absolute Gasteiger partial charge is 0.255 e. The van der Waals surface area contributed by atoms with Crippen molar-refractivity contribution >= 4 is 46.0 Å². The molecule has 132 valence electrons. The van der Waals surface area contributed by atoms with Gasteiger partial charge in [-0.3, -0.25) is 19.9 Å². The molecule has 0 radical (unpaired) electrons. The summed E-state index contributed by atoms with van der Waals surface area (Å²) in [4.78, 5) is 29.6. The van der Waals surface area contributed by atoms with Crippen molar-refractivity contribution in [2.75, 3.05) is 16.0 Å². The van der Waals surface area contributed by atoms with Gasteiger partial charge in [-0.25, -0.2) is 0 Å². The molecule has 1 aliphatic heterocycles. The summed E-state index contributed by atoms with van der Waals surface area (Å²) in [6.07, 6.45) is -0.0471. The molecule has 2 N–H and O–H groups in total. The molecule has 0 spiro atoms. The third kappa shape index (κ3) is 4.37. The van der Waals surface area contributed by atoms with Gasteiger partial charge < -0.3 is 5.32 Å². The molecule has 6 nitrogen and oxygen atoms in total. The average molecular weight is 366 g/mol. The Balaban J connectivity index is 1.69. The van der Waals surface area contributed by atoms with Crippen molar-refractivity contribution in [2.45, 2.75) is 13.3 Å². The molecule has 0 bridgehead atoms. The number of thioether (sulfide) groups is 1. The monoisotopic (exact) mass is 366 g/mol. The lowest BCUT2D eigenvalue weighted by atomic mass is 10.2. The maximum atomic E-state index is 12.2. The maximum absolute atomic E-state index is 12.2. The van der Waals surface area contributed by atoms with E-state index in [0.29, 0.717) is 5.17 Å². The molecular weight excluding hydrogens is 348 g/mol. The molecule has 7 heteroatoms. The van der Waals surface area contributed by atoms with E-state index < -0.39 is 0 Å². The number of anilines is 2. The van der Waals surface area contributed by atoms with Gasteiger partial charge in [0.2, 0.25) is 5.91 Å². The van der Waals surface area contributed by atoms with E-state index in [2.05, 4.69) is 10.3 Å². The summed E-state index contributed by atoms with van der Waals surface area (Å²) in [5, 5.41) is 11.3. The number of aryl methyl sites for hydroxylation is 1. The number of rotatable bonds is 4. The number of benzene rings is 2. The van der Waals surface area contributed by atoms with Crippen LogP contribution in [0.1, 0.15) is 12.0 Å². The van der Waals surface area contributed by atoms with Gasteiger partial charge >= 0.3 is 0 Å². The summed E-state index contributed by atoms with van der Waals surface area (Å²) in [6.45, 7) is 1.98. The third-order valence-corrected chi connectivity index (χ3v) is 4.62. The van der Waals surface area contributed by atoms with Gasteiger partial charge in [-0.15, -0.1) is 0 Å². The van der Waals surface area contributed by atoms with Crippen molar-refractivity contribution in [2.24, 2.45) is 4.99 Å². The van der Waals surface area contributed by atoms with E-state index in [0.717, 1.165) is 28.7 Å². The van der Waals surface area contributed by atoms with Crippen LogP contribution in [0.5, 0.6) is 0 Å². The lowest BCUT2D eigenvalue weighted by molar-refractivity contribution is -0.117. The van der Waals surface area contributed by atoms with E-state index in [4.69, 9.17) is 5.41 Å². The molecule has 2 aromatic carbocycles. The Labute approximate surface area is 155 Å². The predicted octanol–water partition coefficient (Wildman–Crippen LogP) is 3.44. The second-order valence-electron chi connectivity index (χ2n) is 5.79. The minimum atomic E-state index is -0.372. The van der Waals surface area contributed by atoms with Gasteiger partial charge in [0.25, 0.3) is 5.91 Å². The molecule has 0 unspecified atom stereocenters. The molecule has 0 fully saturated rings. The number of carbonyl (C=O) groups excluding carboxylic acids is 2. The number of nitrogens with zero attached hydrogens (tertiary/aromatic N) is 2. The molecule has 1 aliphatic rings. The number of nitrogens with one attached hydrogen (secondary N) is 2. The van der Waals surface area contributed by atoms with Gasteiger partial charge in [0.15, 0.2) is 5.17 Å². The van der Waals surface area contributed by atoms with Crippen molar-refractivity contribution in [3.63, 3.8) is 0 Å². The summed E-state index contributed by atoms with van der Waals surface area (Å²) in [6, 6.07) is 16.8. The second kappa shape index (κ2) is 7.97. The molecule has 2 amide bonds. The normalized spacial score (nSPS) is 14.2. The molecule has 3 rings (SSSR count). The summed E-state index contributed by atoms with van der Waals surface area (Å²) >= 11 is 1.14. The third-order valence-electron chi connectivity index (χ3n) is 3.68. The Morgan fingerprint density at radius 1 is 1.19 bits per heavy atom. The van der Waals surface area contributed by atoms with Crippen LogP contribution in [-0.4, -0.2) is 28.6 Å². The predicted molar refractivity (Wildman–Crippen MR) is 106 cm³/mol. The zero-order valence-electron chi connectivity index (χ0n) is 14.2. The highest BCUT2D eigenvalue weighted by Gasteiger charge is 2.27. The molecule has 0 atom stereocenters. The molecule has 0 saturated carbocycles. The minimum absolute atomic E-state index is 0.0471. The number of hydrogen-bond donors (Lipinski definition) is 2. The van der Waals surface area contributed by atoms with Gasteiger partial charge in [0.05, 0.1) is 12.2 Å². The van der Waals surface area contributed by atoms with Crippen LogP contribution in [0.15, 0.2) is 59.6 Å². The van der Waals surface area contributed by atoms with E-state index >= 15 is 0 Å². The number of amidine groups is 2. The van der Waals surface area contributed by atoms with Gasteiger partial charge in [-0.1, -0.05) is 47.7 Å². The van der Waals surface area contributed by atoms with Crippen LogP contribution in [0.4, 0.5) is 11.4 Å². The zero-order chi connectivity index (χ0) is 18.5. The van der Waals surface area contributed by atoms with Crippen molar-refractivity contribution < 1.29 is 9.59 Å². The molecular formula is C19H18N4O2S. The Kier molecular flexibility index (Phi) is 5.48. The number of para-hydroxylation sites is 1. The molecule has 0 aliphatic carbocycles. The number of carbonyl (C=O) groups is 2. The standard InChI is InChI=1S/C19H18N4O2S/c1-13-7-9-14(10-8-13)21-18(25)12-26-19-22-17(24)11-16(20)23(19)15-5-3-2-4-6-15/h2-10,20H,11-12H2,1H3,(H,21,25). The summed E-state index contributed by atoms with van der Waals surface area (Å²) in [5.74, 6) is -0.322. The Hall–Kier alpha value is -2.93. The van der Waals surface area contributed by atoms with E-state index in [1.807, 2.05) is 61.5 Å². The van der Waals surface area contributed by atoms with Crippen molar-refractivity contribution in [1.29, 1.82) is 5.41 Å². The second-order valence-corrected chi connectivity index (χ2v) is 6.73. The summed E-state index contributed by atoms with van der Waals surface area (Å²) < 4.78 is 0. The van der Waals surface area contributed by atoms with Crippen molar-refractivity contribution in [3.8, 4) is 0 Å². The fraction of sp³-hybridized carbons (Fsp3) is 0.158. The summed E-state index contributed by atoms with van der Waals surface area (Å²) in [7, 11) is 0. The lowest BCUT2D eigenvalue weighted by Gasteiger charge is -2.28. The molecule has 26 heavy (non-hydrogen) atoms. The van der Waals surface area contributed by atoms with Crippen LogP contribution in [0.2, 0.25) is 0 Å². The SMILES string of the molecule is Cc1ccc(NC(=O)CSC2=NC(=O)CC(=N)N2c2ccccc2)cc1. The molecule has 2 aromatic rings.